The average molecular weight is 943 g/mol. The summed E-state index contributed by atoms with van der Waals surface area (Å²) in [5, 5.41) is 26.2. The lowest BCUT2D eigenvalue weighted by Gasteiger charge is -2.35. The average Bonchev–Trinajstić information content (AvgIpc) is 4.08. The summed E-state index contributed by atoms with van der Waals surface area (Å²) < 4.78 is 12.9. The Morgan fingerprint density at radius 2 is 1.55 bits per heavy atom. The van der Waals surface area contributed by atoms with E-state index in [0.717, 1.165) is 65.1 Å². The number of hydrogen-bond donors (Lipinski definition) is 3. The topological polar surface area (TPSA) is 190 Å². The Morgan fingerprint density at radius 3 is 2.19 bits per heavy atom. The number of hydrogen-bond acceptors (Lipinski definition) is 13. The molecule has 2 aliphatic heterocycles. The molecule has 1 unspecified atom stereocenters. The van der Waals surface area contributed by atoms with Crippen LogP contribution in [-0.2, 0) is 30.5 Å². The molecule has 0 radical (unpaired) electrons. The SMILES string of the molecule is COC(=O)C[C@@H]1N=C(c2ccc(-c3ccc(OCC(=O)NC(C(=O)N4C[C@H](O)C[C@H]4C(=O)NCc4ccc(-c5scnc5C)cc4)C(C)(C)C)cc3)cc2)c2c(sc(C)c2C)-n2c(C)nnc21. The number of methoxy groups -OCH3 is 1. The van der Waals surface area contributed by atoms with Crippen LogP contribution in [0.5, 0.6) is 5.75 Å². The van der Waals surface area contributed by atoms with Gasteiger partial charge in [0, 0.05) is 35.5 Å². The molecule has 0 aliphatic carbocycles. The van der Waals surface area contributed by atoms with Crippen molar-refractivity contribution in [1.82, 2.24) is 35.3 Å². The van der Waals surface area contributed by atoms with Gasteiger partial charge in [0.05, 0.1) is 41.4 Å². The highest BCUT2D eigenvalue weighted by Gasteiger charge is 2.44. The van der Waals surface area contributed by atoms with Gasteiger partial charge in [0.15, 0.2) is 12.4 Å². The number of aliphatic hydroxyl groups is 1. The van der Waals surface area contributed by atoms with E-state index in [1.807, 2.05) is 105 Å². The molecular weight excluding hydrogens is 889 g/mol. The zero-order chi connectivity index (χ0) is 47.7. The third-order valence-electron chi connectivity index (χ3n) is 12.3. The van der Waals surface area contributed by atoms with Crippen LogP contribution in [0, 0.1) is 33.1 Å². The van der Waals surface area contributed by atoms with E-state index in [9.17, 15) is 24.3 Å². The van der Waals surface area contributed by atoms with Gasteiger partial charge < -0.3 is 30.1 Å². The van der Waals surface area contributed by atoms with Crippen LogP contribution in [0.4, 0.5) is 0 Å². The Kier molecular flexibility index (Phi) is 13.6. The number of aryl methyl sites for hydroxylation is 3. The number of benzene rings is 3. The molecule has 3 aromatic heterocycles. The van der Waals surface area contributed by atoms with E-state index < -0.39 is 47.4 Å². The van der Waals surface area contributed by atoms with Gasteiger partial charge in [-0.05, 0) is 73.1 Å². The summed E-state index contributed by atoms with van der Waals surface area (Å²) >= 11 is 3.22. The lowest BCUT2D eigenvalue weighted by Crippen LogP contribution is -2.58. The fraction of sp³-hybridized carbons (Fsp3) is 0.360. The summed E-state index contributed by atoms with van der Waals surface area (Å²) in [4.78, 5) is 66.7. The van der Waals surface area contributed by atoms with Crippen molar-refractivity contribution in [3.05, 3.63) is 123 Å². The molecule has 8 rings (SSSR count). The molecule has 3 aromatic carbocycles. The van der Waals surface area contributed by atoms with Gasteiger partial charge in [0.1, 0.15) is 34.7 Å². The summed E-state index contributed by atoms with van der Waals surface area (Å²) in [6.45, 7) is 13.4. The number of amides is 3. The molecule has 1 saturated heterocycles. The van der Waals surface area contributed by atoms with Crippen molar-refractivity contribution < 1.29 is 33.8 Å². The first kappa shape index (κ1) is 47.0. The molecule has 3 N–H and O–H groups in total. The van der Waals surface area contributed by atoms with Gasteiger partial charge >= 0.3 is 5.97 Å². The van der Waals surface area contributed by atoms with Crippen LogP contribution in [0.3, 0.4) is 0 Å². The number of likely N-dealkylation sites (tertiary alicyclic amines) is 1. The van der Waals surface area contributed by atoms with Crippen LogP contribution in [0.15, 0.2) is 83.3 Å². The molecule has 67 heavy (non-hydrogen) atoms. The molecule has 3 amide bonds. The van der Waals surface area contributed by atoms with Crippen molar-refractivity contribution in [2.45, 2.75) is 92.1 Å². The molecule has 0 saturated carbocycles. The summed E-state index contributed by atoms with van der Waals surface area (Å²) in [5.41, 5.74) is 9.58. The normalized spacial score (nSPS) is 17.2. The highest BCUT2D eigenvalue weighted by molar-refractivity contribution is 7.15. The maximum absolute atomic E-state index is 14.1. The molecule has 1 fully saturated rings. The van der Waals surface area contributed by atoms with Crippen molar-refractivity contribution in [2.75, 3.05) is 20.3 Å². The first-order valence-electron chi connectivity index (χ1n) is 22.1. The van der Waals surface area contributed by atoms with Gasteiger partial charge in [-0.2, -0.15) is 0 Å². The minimum Gasteiger partial charge on any atom is -0.484 e. The second kappa shape index (κ2) is 19.3. The molecule has 5 heterocycles. The number of carbonyl (C=O) groups excluding carboxylic acids is 4. The van der Waals surface area contributed by atoms with Gasteiger partial charge in [-0.15, -0.1) is 32.9 Å². The largest absolute Gasteiger partial charge is 0.484 e. The van der Waals surface area contributed by atoms with Gasteiger partial charge in [0.25, 0.3) is 5.91 Å². The standard InChI is InChI=1S/C50H54N8O7S2/c1-27-29(3)67-49-42(27)43(53-38(22-41(61)64-8)46-56-55-30(4)58(46)49)34-15-13-32(14-16-34)33-17-19-37(20-18-33)65-25-40(60)54-45(50(5,6)7)48(63)57-24-36(59)21-39(57)47(62)51-23-31-9-11-35(12-10-31)44-28(2)52-26-66-44/h9-20,26,36,38-39,45,59H,21-25H2,1-8H3,(H,51,62)(H,54,60)/t36-,38+,39+,45?/m1/s1. The van der Waals surface area contributed by atoms with E-state index in [1.54, 1.807) is 34.8 Å². The first-order valence-corrected chi connectivity index (χ1v) is 23.8. The summed E-state index contributed by atoms with van der Waals surface area (Å²) in [6.07, 6.45) is -0.780. The van der Waals surface area contributed by atoms with E-state index in [1.165, 1.54) is 12.0 Å². The first-order chi connectivity index (χ1) is 32.0. The molecule has 6 aromatic rings. The molecule has 0 spiro atoms. The number of ether oxygens (including phenoxy) is 2. The van der Waals surface area contributed by atoms with Crippen molar-refractivity contribution in [2.24, 2.45) is 10.4 Å². The summed E-state index contributed by atoms with van der Waals surface area (Å²) in [5.74, 6) is 0.0407. The minimum atomic E-state index is -0.997. The number of esters is 1. The zero-order valence-electron chi connectivity index (χ0n) is 38.7. The number of fused-ring (bicyclic) bond motifs is 3. The van der Waals surface area contributed by atoms with Crippen molar-refractivity contribution in [3.63, 3.8) is 0 Å². The number of thiazole rings is 1. The maximum Gasteiger partial charge on any atom is 0.308 e. The Labute approximate surface area is 397 Å². The maximum atomic E-state index is 14.1. The van der Waals surface area contributed by atoms with Crippen molar-refractivity contribution in [3.8, 4) is 32.3 Å². The van der Waals surface area contributed by atoms with Gasteiger partial charge in [0.2, 0.25) is 11.8 Å². The van der Waals surface area contributed by atoms with E-state index in [-0.39, 0.29) is 38.4 Å². The van der Waals surface area contributed by atoms with E-state index in [2.05, 4.69) is 39.7 Å². The van der Waals surface area contributed by atoms with E-state index in [4.69, 9.17) is 14.5 Å². The zero-order valence-corrected chi connectivity index (χ0v) is 40.4. The third-order valence-corrected chi connectivity index (χ3v) is 14.4. The lowest BCUT2D eigenvalue weighted by atomic mass is 9.85. The van der Waals surface area contributed by atoms with Crippen LogP contribution < -0.4 is 15.4 Å². The lowest BCUT2D eigenvalue weighted by molar-refractivity contribution is -0.144. The van der Waals surface area contributed by atoms with Gasteiger partial charge in [-0.25, -0.2) is 4.98 Å². The predicted octanol–water partition coefficient (Wildman–Crippen LogP) is 7.00. The van der Waals surface area contributed by atoms with Crippen LogP contribution in [0.2, 0.25) is 0 Å². The molecule has 15 nitrogen and oxygen atoms in total. The smallest absolute Gasteiger partial charge is 0.308 e. The quantitative estimate of drug-likeness (QED) is 0.102. The number of nitrogens with one attached hydrogen (secondary N) is 2. The number of β-amino-alcohol motifs (C(OH)–C–C–N with tert-alkyl or cyclic N) is 1. The van der Waals surface area contributed by atoms with Crippen LogP contribution in [0.25, 0.3) is 26.6 Å². The number of thiophene rings is 1. The fourth-order valence-corrected chi connectivity index (χ4v) is 10.5. The van der Waals surface area contributed by atoms with Crippen LogP contribution >= 0.6 is 22.7 Å². The molecule has 348 valence electrons. The molecule has 0 bridgehead atoms. The second-order valence-electron chi connectivity index (χ2n) is 18.0. The Balaban J connectivity index is 0.898. The molecular formula is C50H54N8O7S2. The molecule has 4 atom stereocenters. The third kappa shape index (κ3) is 9.94. The molecule has 2 aliphatic rings. The van der Waals surface area contributed by atoms with E-state index in [0.29, 0.717) is 17.4 Å². The number of rotatable bonds is 13. The number of carbonyl (C=O) groups is 4. The predicted molar refractivity (Wildman–Crippen MR) is 257 cm³/mol. The van der Waals surface area contributed by atoms with Crippen molar-refractivity contribution in [1.29, 1.82) is 0 Å². The highest BCUT2D eigenvalue weighted by Crippen LogP contribution is 2.40. The number of aliphatic hydroxyl groups excluding tert-OH is 1. The van der Waals surface area contributed by atoms with Gasteiger partial charge in [-0.1, -0.05) is 81.4 Å². The minimum absolute atomic E-state index is 0.0193. The summed E-state index contributed by atoms with van der Waals surface area (Å²) in [6, 6.07) is 20.8. The Morgan fingerprint density at radius 1 is 0.896 bits per heavy atom. The monoisotopic (exact) mass is 942 g/mol. The molecule has 17 heteroatoms. The number of aliphatic imine (C=N–C) groups is 1. The van der Waals surface area contributed by atoms with Crippen LogP contribution in [0.1, 0.15) is 84.1 Å². The number of aromatic nitrogens is 4. The second-order valence-corrected chi connectivity index (χ2v) is 20.1. The highest BCUT2D eigenvalue weighted by atomic mass is 32.1. The van der Waals surface area contributed by atoms with Gasteiger partial charge in [-0.3, -0.25) is 28.7 Å². The van der Waals surface area contributed by atoms with E-state index >= 15 is 0 Å². The Hall–Kier alpha value is -6.56. The fourth-order valence-electron chi connectivity index (χ4n) is 8.46. The number of nitrogens with zero attached hydrogens (tertiary/aromatic N) is 6. The van der Waals surface area contributed by atoms with Crippen LogP contribution in [-0.4, -0.2) is 97.6 Å². The Bertz CT molecular complexity index is 2840. The van der Waals surface area contributed by atoms with Crippen molar-refractivity contribution >= 4 is 52.1 Å². The summed E-state index contributed by atoms with van der Waals surface area (Å²) in [7, 11) is 1.36.